The van der Waals surface area contributed by atoms with Gasteiger partial charge in [-0.2, -0.15) is 0 Å². The highest BCUT2D eigenvalue weighted by molar-refractivity contribution is 7.02. The minimum Gasteiger partial charge on any atom is -0.458 e. The van der Waals surface area contributed by atoms with Crippen LogP contribution in [0.1, 0.15) is 0 Å². The minimum atomic E-state index is -0.374. The lowest BCUT2D eigenvalue weighted by Crippen LogP contribution is -2.63. The van der Waals surface area contributed by atoms with E-state index in [1.54, 1.807) is 12.1 Å². The van der Waals surface area contributed by atoms with Crippen molar-refractivity contribution < 1.29 is 18.3 Å². The Morgan fingerprint density at radius 1 is 0.380 bits per heavy atom. The van der Waals surface area contributed by atoms with Crippen molar-refractivity contribution in [2.45, 2.75) is 0 Å². The van der Waals surface area contributed by atoms with Crippen LogP contribution < -0.4 is 52.1 Å². The predicted octanol–water partition coefficient (Wildman–Crippen LogP) is 6.78. The molecule has 0 spiro atoms. The first-order valence-electron chi connectivity index (χ1n) is 16.7. The summed E-state index contributed by atoms with van der Waals surface area (Å²) in [6.07, 6.45) is 0. The molecule has 0 aromatic heterocycles. The van der Waals surface area contributed by atoms with Crippen LogP contribution in [0.2, 0.25) is 0 Å². The first-order chi connectivity index (χ1) is 24.6. The van der Waals surface area contributed by atoms with Crippen LogP contribution in [-0.4, -0.2) is 13.4 Å². The van der Waals surface area contributed by atoms with Crippen molar-refractivity contribution in [2.75, 3.05) is 9.80 Å². The molecule has 7 aromatic carbocycles. The second-order valence-corrected chi connectivity index (χ2v) is 13.1. The average molecular weight is 648 g/mol. The van der Waals surface area contributed by atoms with E-state index in [-0.39, 0.29) is 25.1 Å². The van der Waals surface area contributed by atoms with Gasteiger partial charge in [0, 0.05) is 46.3 Å². The normalized spacial score (nSPS) is 14.0. The van der Waals surface area contributed by atoms with Gasteiger partial charge in [-0.25, -0.2) is 8.78 Å². The first-order valence-corrected chi connectivity index (χ1v) is 16.7. The SMILES string of the molecule is Fc1cc2c3c(c1)N(c1ccccc1)c1cc4c(cc1B3c1ccccc1O2)B1c2ccccc2Oc2cc(F)cc(c21)N4c1ccccc1. The van der Waals surface area contributed by atoms with Crippen LogP contribution in [0.4, 0.5) is 42.9 Å². The van der Waals surface area contributed by atoms with Gasteiger partial charge < -0.3 is 19.3 Å². The highest BCUT2D eigenvalue weighted by Crippen LogP contribution is 2.46. The Balaban J connectivity index is 1.28. The van der Waals surface area contributed by atoms with Gasteiger partial charge in [0.05, 0.1) is 0 Å². The number of para-hydroxylation sites is 4. The monoisotopic (exact) mass is 648 g/mol. The first kappa shape index (κ1) is 27.7. The molecule has 0 unspecified atom stereocenters. The number of ether oxygens (including phenoxy) is 2. The molecule has 0 radical (unpaired) electrons. The second kappa shape index (κ2) is 10.1. The zero-order chi connectivity index (χ0) is 33.1. The minimum absolute atomic E-state index is 0.222. The molecule has 0 saturated carbocycles. The molecule has 0 bridgehead atoms. The van der Waals surface area contributed by atoms with E-state index in [2.05, 4.69) is 34.1 Å². The van der Waals surface area contributed by atoms with E-state index in [1.807, 2.05) is 97.1 Å². The number of hydrogen-bond acceptors (Lipinski definition) is 4. The van der Waals surface area contributed by atoms with E-state index in [1.165, 1.54) is 12.1 Å². The molecule has 50 heavy (non-hydrogen) atoms. The number of rotatable bonds is 2. The van der Waals surface area contributed by atoms with Crippen LogP contribution in [-0.2, 0) is 0 Å². The molecule has 0 aliphatic carbocycles. The predicted molar refractivity (Wildman–Crippen MR) is 198 cm³/mol. The fraction of sp³-hybridized carbons (Fsp3) is 0. The van der Waals surface area contributed by atoms with Gasteiger partial charge >= 0.3 is 0 Å². The maximum absolute atomic E-state index is 15.6. The number of anilines is 6. The van der Waals surface area contributed by atoms with Crippen LogP contribution in [0, 0.1) is 11.6 Å². The van der Waals surface area contributed by atoms with Crippen molar-refractivity contribution in [3.63, 3.8) is 0 Å². The number of fused-ring (bicyclic) bond motifs is 8. The molecule has 4 aliphatic heterocycles. The van der Waals surface area contributed by atoms with E-state index in [0.717, 1.165) is 66.9 Å². The van der Waals surface area contributed by atoms with Crippen LogP contribution in [0.25, 0.3) is 0 Å². The Labute approximate surface area is 287 Å². The quantitative estimate of drug-likeness (QED) is 0.193. The molecule has 0 N–H and O–H groups in total. The fourth-order valence-corrected chi connectivity index (χ4v) is 8.53. The van der Waals surface area contributed by atoms with Gasteiger partial charge in [0.2, 0.25) is 0 Å². The van der Waals surface area contributed by atoms with E-state index in [9.17, 15) is 0 Å². The highest BCUT2D eigenvalue weighted by atomic mass is 19.1. The zero-order valence-corrected chi connectivity index (χ0v) is 26.5. The zero-order valence-electron chi connectivity index (χ0n) is 26.5. The lowest BCUT2D eigenvalue weighted by atomic mass is 9.31. The highest BCUT2D eigenvalue weighted by Gasteiger charge is 2.47. The maximum atomic E-state index is 15.6. The Bertz CT molecular complexity index is 2390. The van der Waals surface area contributed by atoms with Crippen molar-refractivity contribution in [2.24, 2.45) is 0 Å². The largest absolute Gasteiger partial charge is 0.458 e. The molecule has 4 nitrogen and oxygen atoms in total. The second-order valence-electron chi connectivity index (χ2n) is 13.1. The Hall–Kier alpha value is -6.27. The Morgan fingerprint density at radius 2 is 0.800 bits per heavy atom. The van der Waals surface area contributed by atoms with Crippen molar-refractivity contribution in [3.05, 3.63) is 157 Å². The molecule has 4 heterocycles. The molecule has 234 valence electrons. The molecule has 0 saturated heterocycles. The van der Waals surface area contributed by atoms with Gasteiger partial charge in [0.25, 0.3) is 13.4 Å². The van der Waals surface area contributed by atoms with Crippen LogP contribution in [0.15, 0.2) is 146 Å². The topological polar surface area (TPSA) is 24.9 Å². The van der Waals surface area contributed by atoms with Crippen LogP contribution >= 0.6 is 0 Å². The third kappa shape index (κ3) is 3.76. The van der Waals surface area contributed by atoms with Crippen LogP contribution in [0.5, 0.6) is 23.0 Å². The number of hydrogen-bond donors (Lipinski definition) is 0. The van der Waals surface area contributed by atoms with Crippen molar-refractivity contribution in [1.29, 1.82) is 0 Å². The maximum Gasteiger partial charge on any atom is 0.256 e. The standard InChI is InChI=1S/C42H24B2F2N2O2/c45-25-19-35-41-39(21-25)49-37-17-9-7-15-29(37)43(41)31-23-32-34(24-33(31)47(35)27-11-3-1-4-12-27)48(28-13-5-2-6-14-28)36-20-26(46)22-40-42(36)44(32)30-16-8-10-18-38(30)50-40/h1-24H. The number of benzene rings is 7. The summed E-state index contributed by atoms with van der Waals surface area (Å²) in [6.45, 7) is -0.444. The van der Waals surface area contributed by atoms with Gasteiger partial charge in [0.1, 0.15) is 34.6 Å². The summed E-state index contributed by atoms with van der Waals surface area (Å²) < 4.78 is 44.1. The van der Waals surface area contributed by atoms with Crippen LogP contribution in [0.3, 0.4) is 0 Å². The molecule has 4 aliphatic rings. The smallest absolute Gasteiger partial charge is 0.256 e. The summed E-state index contributed by atoms with van der Waals surface area (Å²) in [5, 5.41) is 0. The van der Waals surface area contributed by atoms with Gasteiger partial charge in [-0.1, -0.05) is 78.9 Å². The van der Waals surface area contributed by atoms with Gasteiger partial charge in [-0.05, 0) is 87.4 Å². The molecule has 7 aromatic rings. The molecule has 0 fully saturated rings. The van der Waals surface area contributed by atoms with E-state index < -0.39 is 0 Å². The van der Waals surface area contributed by atoms with Gasteiger partial charge in [0.15, 0.2) is 0 Å². The van der Waals surface area contributed by atoms with Gasteiger partial charge in [-0.15, -0.1) is 0 Å². The van der Waals surface area contributed by atoms with Crippen molar-refractivity contribution in [1.82, 2.24) is 0 Å². The van der Waals surface area contributed by atoms with E-state index >= 15 is 8.78 Å². The van der Waals surface area contributed by atoms with Crippen molar-refractivity contribution in [3.8, 4) is 23.0 Å². The summed E-state index contributed by atoms with van der Waals surface area (Å²) >= 11 is 0. The van der Waals surface area contributed by atoms with E-state index in [4.69, 9.17) is 9.47 Å². The summed E-state index contributed by atoms with van der Waals surface area (Å²) in [5.74, 6) is 1.70. The third-order valence-corrected chi connectivity index (χ3v) is 10.4. The lowest BCUT2D eigenvalue weighted by Gasteiger charge is -2.44. The lowest BCUT2D eigenvalue weighted by molar-refractivity contribution is 0.481. The molecule has 0 atom stereocenters. The molecule has 11 rings (SSSR count). The molecule has 0 amide bonds. The summed E-state index contributed by atoms with van der Waals surface area (Å²) in [7, 11) is 0. The molecule has 8 heteroatoms. The molecular weight excluding hydrogens is 624 g/mol. The molecular formula is C42H24B2F2N2O2. The number of nitrogens with zero attached hydrogens (tertiary/aromatic N) is 2. The fourth-order valence-electron chi connectivity index (χ4n) is 8.53. The van der Waals surface area contributed by atoms with E-state index in [0.29, 0.717) is 23.0 Å². The summed E-state index contributed by atoms with van der Waals surface area (Å²) in [4.78, 5) is 4.28. The van der Waals surface area contributed by atoms with Gasteiger partial charge in [-0.3, -0.25) is 0 Å². The Kier molecular flexibility index (Phi) is 5.60. The van der Waals surface area contributed by atoms with Crippen molar-refractivity contribution >= 4 is 80.3 Å². The Morgan fingerprint density at radius 3 is 1.26 bits per heavy atom. The average Bonchev–Trinajstić information content (AvgIpc) is 3.14. The summed E-state index contributed by atoms with van der Waals surface area (Å²) in [5.41, 5.74) is 11.1. The summed E-state index contributed by atoms with van der Waals surface area (Å²) in [6, 6.07) is 46.9. The third-order valence-electron chi connectivity index (χ3n) is 10.4. The number of halogens is 2.